The molecule has 0 aromatic heterocycles. The number of hydrogen-bond donors (Lipinski definition) is 0. The molecule has 0 amide bonds. The van der Waals surface area contributed by atoms with E-state index in [0.29, 0.717) is 6.07 Å². The summed E-state index contributed by atoms with van der Waals surface area (Å²) in [7, 11) is 0. The molecule has 2 aromatic rings. The normalized spacial score (nSPS) is 11.4. The third kappa shape index (κ3) is 3.01. The van der Waals surface area contributed by atoms with E-state index in [-0.39, 0.29) is 5.75 Å². The zero-order valence-corrected chi connectivity index (χ0v) is 9.34. The number of halogens is 5. The SMILES string of the molecule is Fc1cccc(Oc2cccc(C(F)(F)F)c2)c1F. The van der Waals surface area contributed by atoms with Crippen LogP contribution in [0.3, 0.4) is 0 Å². The average molecular weight is 274 g/mol. The van der Waals surface area contributed by atoms with Gasteiger partial charge in [-0.2, -0.15) is 17.6 Å². The van der Waals surface area contributed by atoms with E-state index in [0.717, 1.165) is 24.3 Å². The van der Waals surface area contributed by atoms with Crippen molar-refractivity contribution < 1.29 is 26.7 Å². The van der Waals surface area contributed by atoms with Gasteiger partial charge in [0.05, 0.1) is 5.56 Å². The van der Waals surface area contributed by atoms with Crippen LogP contribution < -0.4 is 4.74 Å². The van der Waals surface area contributed by atoms with Crippen molar-refractivity contribution in [2.24, 2.45) is 0 Å². The van der Waals surface area contributed by atoms with Gasteiger partial charge in [0.25, 0.3) is 0 Å². The average Bonchev–Trinajstić information content (AvgIpc) is 2.34. The van der Waals surface area contributed by atoms with Gasteiger partial charge in [0.1, 0.15) is 5.75 Å². The van der Waals surface area contributed by atoms with Crippen LogP contribution >= 0.6 is 0 Å². The van der Waals surface area contributed by atoms with Gasteiger partial charge < -0.3 is 4.74 Å². The summed E-state index contributed by atoms with van der Waals surface area (Å²) in [5.41, 5.74) is -0.929. The molecule has 0 aliphatic carbocycles. The molecular weight excluding hydrogens is 267 g/mol. The standard InChI is InChI=1S/C13H7F5O/c14-10-5-2-6-11(12(10)15)19-9-4-1-3-8(7-9)13(16,17)18/h1-7H. The quantitative estimate of drug-likeness (QED) is 0.716. The lowest BCUT2D eigenvalue weighted by Crippen LogP contribution is -2.04. The van der Waals surface area contributed by atoms with Gasteiger partial charge in [-0.3, -0.25) is 0 Å². The summed E-state index contributed by atoms with van der Waals surface area (Å²) in [5.74, 6) is -3.08. The first-order valence-electron chi connectivity index (χ1n) is 5.17. The third-order valence-electron chi connectivity index (χ3n) is 2.31. The highest BCUT2D eigenvalue weighted by Gasteiger charge is 2.30. The van der Waals surface area contributed by atoms with Crippen molar-refractivity contribution in [3.8, 4) is 11.5 Å². The number of rotatable bonds is 2. The van der Waals surface area contributed by atoms with Gasteiger partial charge in [0, 0.05) is 0 Å². The van der Waals surface area contributed by atoms with Crippen LogP contribution in [0.15, 0.2) is 42.5 Å². The maximum atomic E-state index is 13.3. The third-order valence-corrected chi connectivity index (χ3v) is 2.31. The van der Waals surface area contributed by atoms with Crippen LogP contribution in [-0.2, 0) is 6.18 Å². The van der Waals surface area contributed by atoms with E-state index in [1.807, 2.05) is 0 Å². The highest BCUT2D eigenvalue weighted by atomic mass is 19.4. The minimum absolute atomic E-state index is 0.223. The molecule has 1 nitrogen and oxygen atoms in total. The van der Waals surface area contributed by atoms with Crippen LogP contribution in [0.4, 0.5) is 22.0 Å². The fourth-order valence-corrected chi connectivity index (χ4v) is 1.43. The summed E-state index contributed by atoms with van der Waals surface area (Å²) in [6.07, 6.45) is -4.53. The second-order valence-electron chi connectivity index (χ2n) is 3.68. The molecule has 0 saturated heterocycles. The molecule has 19 heavy (non-hydrogen) atoms. The van der Waals surface area contributed by atoms with E-state index in [4.69, 9.17) is 4.74 Å². The minimum atomic E-state index is -4.53. The molecular formula is C13H7F5O. The van der Waals surface area contributed by atoms with Crippen molar-refractivity contribution in [3.05, 3.63) is 59.7 Å². The van der Waals surface area contributed by atoms with Crippen LogP contribution in [-0.4, -0.2) is 0 Å². The summed E-state index contributed by atoms with van der Waals surface area (Å²) < 4.78 is 68.5. The first-order chi connectivity index (χ1) is 8.88. The number of ether oxygens (including phenoxy) is 1. The van der Waals surface area contributed by atoms with Crippen molar-refractivity contribution in [2.45, 2.75) is 6.18 Å². The Morgan fingerprint density at radius 3 is 2.26 bits per heavy atom. The van der Waals surface area contributed by atoms with Crippen LogP contribution in [0.1, 0.15) is 5.56 Å². The van der Waals surface area contributed by atoms with E-state index < -0.39 is 29.1 Å². The molecule has 100 valence electrons. The summed E-state index contributed by atoms with van der Waals surface area (Å²) in [6.45, 7) is 0. The number of benzene rings is 2. The van der Waals surface area contributed by atoms with Crippen molar-refractivity contribution in [1.82, 2.24) is 0 Å². The van der Waals surface area contributed by atoms with Gasteiger partial charge in [0.2, 0.25) is 5.82 Å². The van der Waals surface area contributed by atoms with Crippen molar-refractivity contribution >= 4 is 0 Å². The summed E-state index contributed by atoms with van der Waals surface area (Å²) in [6, 6.07) is 7.11. The van der Waals surface area contributed by atoms with E-state index in [9.17, 15) is 22.0 Å². The molecule has 0 radical (unpaired) electrons. The van der Waals surface area contributed by atoms with Crippen LogP contribution in [0.5, 0.6) is 11.5 Å². The maximum Gasteiger partial charge on any atom is 0.416 e. The van der Waals surface area contributed by atoms with Gasteiger partial charge in [-0.05, 0) is 30.3 Å². The molecule has 2 rings (SSSR count). The Kier molecular flexibility index (Phi) is 3.42. The lowest BCUT2D eigenvalue weighted by atomic mass is 10.2. The molecule has 0 fully saturated rings. The van der Waals surface area contributed by atoms with Gasteiger partial charge >= 0.3 is 6.18 Å². The number of alkyl halides is 3. The Labute approximate surface area is 105 Å². The van der Waals surface area contributed by atoms with Crippen molar-refractivity contribution in [3.63, 3.8) is 0 Å². The maximum absolute atomic E-state index is 13.3. The molecule has 0 unspecified atom stereocenters. The minimum Gasteiger partial charge on any atom is -0.454 e. The fourth-order valence-electron chi connectivity index (χ4n) is 1.43. The molecule has 0 aliphatic rings. The highest BCUT2D eigenvalue weighted by Crippen LogP contribution is 2.33. The second-order valence-corrected chi connectivity index (χ2v) is 3.68. The zero-order chi connectivity index (χ0) is 14.0. The highest BCUT2D eigenvalue weighted by molar-refractivity contribution is 5.35. The molecule has 0 atom stereocenters. The van der Waals surface area contributed by atoms with E-state index in [2.05, 4.69) is 0 Å². The Hall–Kier alpha value is -2.11. The van der Waals surface area contributed by atoms with E-state index in [1.54, 1.807) is 0 Å². The van der Waals surface area contributed by atoms with Crippen molar-refractivity contribution in [2.75, 3.05) is 0 Å². The molecule has 0 bridgehead atoms. The summed E-state index contributed by atoms with van der Waals surface area (Å²) >= 11 is 0. The Morgan fingerprint density at radius 2 is 1.58 bits per heavy atom. The van der Waals surface area contributed by atoms with Gasteiger partial charge in [-0.1, -0.05) is 12.1 Å². The lowest BCUT2D eigenvalue weighted by Gasteiger charge is -2.10. The monoisotopic (exact) mass is 274 g/mol. The lowest BCUT2D eigenvalue weighted by molar-refractivity contribution is -0.137. The molecule has 0 spiro atoms. The molecule has 0 N–H and O–H groups in total. The largest absolute Gasteiger partial charge is 0.454 e. The first-order valence-corrected chi connectivity index (χ1v) is 5.17. The Morgan fingerprint density at radius 1 is 0.895 bits per heavy atom. The van der Waals surface area contributed by atoms with Crippen molar-refractivity contribution in [1.29, 1.82) is 0 Å². The first kappa shape index (κ1) is 13.3. The topological polar surface area (TPSA) is 9.23 Å². The van der Waals surface area contributed by atoms with Gasteiger partial charge in [0.15, 0.2) is 11.6 Å². The molecule has 2 aromatic carbocycles. The van der Waals surface area contributed by atoms with Crippen LogP contribution in [0.2, 0.25) is 0 Å². The smallest absolute Gasteiger partial charge is 0.416 e. The Bertz CT molecular complexity index is 592. The Balaban J connectivity index is 2.31. The van der Waals surface area contributed by atoms with Crippen LogP contribution in [0, 0.1) is 11.6 Å². The molecule has 0 saturated carbocycles. The zero-order valence-electron chi connectivity index (χ0n) is 9.34. The summed E-state index contributed by atoms with van der Waals surface area (Å²) in [5, 5.41) is 0. The van der Waals surface area contributed by atoms with Gasteiger partial charge in [-0.25, -0.2) is 4.39 Å². The van der Waals surface area contributed by atoms with Crippen LogP contribution in [0.25, 0.3) is 0 Å². The number of hydrogen-bond acceptors (Lipinski definition) is 1. The fraction of sp³-hybridized carbons (Fsp3) is 0.0769. The predicted molar refractivity (Wildman–Crippen MR) is 57.9 cm³/mol. The van der Waals surface area contributed by atoms with Gasteiger partial charge in [-0.15, -0.1) is 0 Å². The molecule has 6 heteroatoms. The van der Waals surface area contributed by atoms with E-state index >= 15 is 0 Å². The molecule has 0 heterocycles. The molecule has 0 aliphatic heterocycles. The predicted octanol–water partition coefficient (Wildman–Crippen LogP) is 4.78. The second kappa shape index (κ2) is 4.87. The summed E-state index contributed by atoms with van der Waals surface area (Å²) in [4.78, 5) is 0. The van der Waals surface area contributed by atoms with E-state index in [1.165, 1.54) is 12.1 Å².